The summed E-state index contributed by atoms with van der Waals surface area (Å²) in [5, 5.41) is 5.55. The van der Waals surface area contributed by atoms with E-state index >= 15 is 0 Å². The van der Waals surface area contributed by atoms with E-state index in [1.165, 1.54) is 5.56 Å². The smallest absolute Gasteiger partial charge is 0.411 e. The monoisotopic (exact) mass is 429 g/mol. The lowest BCUT2D eigenvalue weighted by atomic mass is 10.0. The van der Waals surface area contributed by atoms with Crippen LogP contribution in [0.3, 0.4) is 0 Å². The molecule has 4 rings (SSSR count). The van der Waals surface area contributed by atoms with Gasteiger partial charge in [0, 0.05) is 28.4 Å². The standard InChI is InChI=1S/C26H27N3O3/c1-2-26(27)16-23(26)19-8-12-21(13-9-19)28-24(30)20-10-14-22(15-11-20)29-25(31)32-17-18-6-4-3-5-7-18/h3-15,23H,2,16-17,27H2,1H3,(H,28,30)(H,29,31)/t23-,26-/m0/s1. The molecule has 1 saturated carbocycles. The predicted octanol–water partition coefficient (Wildman–Crippen LogP) is 5.28. The van der Waals surface area contributed by atoms with E-state index in [0.717, 1.165) is 24.1 Å². The zero-order chi connectivity index (χ0) is 22.6. The summed E-state index contributed by atoms with van der Waals surface area (Å²) in [4.78, 5) is 24.5. The summed E-state index contributed by atoms with van der Waals surface area (Å²) in [7, 11) is 0. The molecule has 0 saturated heterocycles. The van der Waals surface area contributed by atoms with E-state index in [9.17, 15) is 9.59 Å². The zero-order valence-corrected chi connectivity index (χ0v) is 18.0. The van der Waals surface area contributed by atoms with Crippen LogP contribution in [-0.2, 0) is 11.3 Å². The second-order valence-electron chi connectivity index (χ2n) is 8.18. The maximum absolute atomic E-state index is 12.5. The van der Waals surface area contributed by atoms with Crippen LogP contribution in [0.2, 0.25) is 0 Å². The number of benzene rings is 3. The van der Waals surface area contributed by atoms with E-state index in [0.29, 0.717) is 17.2 Å². The number of nitrogens with one attached hydrogen (secondary N) is 2. The predicted molar refractivity (Wildman–Crippen MR) is 126 cm³/mol. The molecule has 6 nitrogen and oxygen atoms in total. The lowest BCUT2D eigenvalue weighted by Crippen LogP contribution is -2.22. The minimum Gasteiger partial charge on any atom is -0.444 e. The lowest BCUT2D eigenvalue weighted by molar-refractivity contribution is 0.102. The first kappa shape index (κ1) is 21.6. The number of carbonyl (C=O) groups excluding carboxylic acids is 2. The van der Waals surface area contributed by atoms with Crippen molar-refractivity contribution in [2.24, 2.45) is 5.73 Å². The highest BCUT2D eigenvalue weighted by Gasteiger charge is 2.49. The molecule has 32 heavy (non-hydrogen) atoms. The van der Waals surface area contributed by atoms with Crippen LogP contribution in [0.5, 0.6) is 0 Å². The molecule has 4 N–H and O–H groups in total. The molecule has 1 aliphatic rings. The van der Waals surface area contributed by atoms with Crippen molar-refractivity contribution in [3.8, 4) is 0 Å². The number of rotatable bonds is 7. The molecule has 6 heteroatoms. The van der Waals surface area contributed by atoms with Crippen LogP contribution in [0, 0.1) is 0 Å². The third-order valence-corrected chi connectivity index (χ3v) is 5.95. The Morgan fingerprint density at radius 1 is 0.938 bits per heavy atom. The molecule has 3 aromatic rings. The van der Waals surface area contributed by atoms with Gasteiger partial charge < -0.3 is 15.8 Å². The summed E-state index contributed by atoms with van der Waals surface area (Å²) in [6.07, 6.45) is 1.42. The molecule has 0 heterocycles. The van der Waals surface area contributed by atoms with Crippen molar-refractivity contribution in [1.82, 2.24) is 0 Å². The van der Waals surface area contributed by atoms with Crippen molar-refractivity contribution < 1.29 is 14.3 Å². The maximum Gasteiger partial charge on any atom is 0.411 e. The largest absolute Gasteiger partial charge is 0.444 e. The van der Waals surface area contributed by atoms with Crippen LogP contribution in [-0.4, -0.2) is 17.5 Å². The van der Waals surface area contributed by atoms with Crippen molar-refractivity contribution in [2.75, 3.05) is 10.6 Å². The van der Waals surface area contributed by atoms with Crippen LogP contribution in [0.1, 0.15) is 47.2 Å². The normalized spacial score (nSPS) is 19.1. The summed E-state index contributed by atoms with van der Waals surface area (Å²) < 4.78 is 5.20. The maximum atomic E-state index is 12.5. The molecule has 0 aromatic heterocycles. The number of nitrogens with two attached hydrogens (primary N) is 1. The molecule has 0 bridgehead atoms. The van der Waals surface area contributed by atoms with Gasteiger partial charge in [-0.3, -0.25) is 10.1 Å². The van der Waals surface area contributed by atoms with Crippen LogP contribution < -0.4 is 16.4 Å². The first-order valence-electron chi connectivity index (χ1n) is 10.7. The number of hydrogen-bond acceptors (Lipinski definition) is 4. The molecule has 164 valence electrons. The Balaban J connectivity index is 1.28. The van der Waals surface area contributed by atoms with Gasteiger partial charge in [0.1, 0.15) is 6.61 Å². The van der Waals surface area contributed by atoms with Gasteiger partial charge in [-0.25, -0.2) is 4.79 Å². The zero-order valence-electron chi connectivity index (χ0n) is 18.0. The second-order valence-corrected chi connectivity index (χ2v) is 8.18. The lowest BCUT2D eigenvalue weighted by Gasteiger charge is -2.10. The molecule has 2 atom stereocenters. The Kier molecular flexibility index (Phi) is 6.23. The highest BCUT2D eigenvalue weighted by Crippen LogP contribution is 2.51. The van der Waals surface area contributed by atoms with E-state index in [2.05, 4.69) is 17.6 Å². The second kappa shape index (κ2) is 9.24. The Labute approximate surface area is 187 Å². The fraction of sp³-hybridized carbons (Fsp3) is 0.231. The summed E-state index contributed by atoms with van der Waals surface area (Å²) in [5.74, 6) is 0.181. The third kappa shape index (κ3) is 5.15. The van der Waals surface area contributed by atoms with Crippen LogP contribution in [0.15, 0.2) is 78.9 Å². The van der Waals surface area contributed by atoms with E-state index in [-0.39, 0.29) is 18.1 Å². The third-order valence-electron chi connectivity index (χ3n) is 5.95. The van der Waals surface area contributed by atoms with Gasteiger partial charge in [0.15, 0.2) is 0 Å². The van der Waals surface area contributed by atoms with Crippen LogP contribution >= 0.6 is 0 Å². The van der Waals surface area contributed by atoms with Gasteiger partial charge in [-0.1, -0.05) is 49.4 Å². The molecule has 0 spiro atoms. The number of hydrogen-bond donors (Lipinski definition) is 3. The summed E-state index contributed by atoms with van der Waals surface area (Å²) in [6, 6.07) is 24.0. The number of amides is 2. The fourth-order valence-corrected chi connectivity index (χ4v) is 3.75. The molecule has 0 unspecified atom stereocenters. The summed E-state index contributed by atoms with van der Waals surface area (Å²) >= 11 is 0. The number of carbonyl (C=O) groups is 2. The molecule has 1 fully saturated rings. The molecule has 0 radical (unpaired) electrons. The average Bonchev–Trinajstić information content (AvgIpc) is 3.51. The van der Waals surface area contributed by atoms with Gasteiger partial charge in [0.05, 0.1) is 0 Å². The number of ether oxygens (including phenoxy) is 1. The van der Waals surface area contributed by atoms with Crippen LogP contribution in [0.4, 0.5) is 16.2 Å². The molecule has 1 aliphatic carbocycles. The van der Waals surface area contributed by atoms with Gasteiger partial charge in [0.25, 0.3) is 5.91 Å². The summed E-state index contributed by atoms with van der Waals surface area (Å²) in [6.45, 7) is 2.31. The van der Waals surface area contributed by atoms with E-state index in [4.69, 9.17) is 10.5 Å². The first-order chi connectivity index (χ1) is 15.5. The van der Waals surface area contributed by atoms with Gasteiger partial charge in [-0.05, 0) is 60.4 Å². The van der Waals surface area contributed by atoms with Crippen molar-refractivity contribution in [3.05, 3.63) is 95.6 Å². The molecule has 3 aromatic carbocycles. The minimum atomic E-state index is -0.550. The van der Waals surface area contributed by atoms with Crippen molar-refractivity contribution >= 4 is 23.4 Å². The Bertz CT molecular complexity index is 1080. The summed E-state index contributed by atoms with van der Waals surface area (Å²) in [5.41, 5.74) is 10.1. The number of anilines is 2. The quantitative estimate of drug-likeness (QED) is 0.476. The highest BCUT2D eigenvalue weighted by atomic mass is 16.5. The average molecular weight is 430 g/mol. The molecule has 0 aliphatic heterocycles. The Morgan fingerprint density at radius 2 is 1.56 bits per heavy atom. The first-order valence-corrected chi connectivity index (χ1v) is 10.7. The fourth-order valence-electron chi connectivity index (χ4n) is 3.75. The SMILES string of the molecule is CC[C@]1(N)C[C@H]1c1ccc(NC(=O)c2ccc(NC(=O)OCc3ccccc3)cc2)cc1. The van der Waals surface area contributed by atoms with Gasteiger partial charge >= 0.3 is 6.09 Å². The van der Waals surface area contributed by atoms with E-state index in [1.54, 1.807) is 24.3 Å². The van der Waals surface area contributed by atoms with E-state index < -0.39 is 6.09 Å². The van der Waals surface area contributed by atoms with Crippen molar-refractivity contribution in [2.45, 2.75) is 37.8 Å². The van der Waals surface area contributed by atoms with Gasteiger partial charge in [-0.2, -0.15) is 0 Å². The van der Waals surface area contributed by atoms with Crippen LogP contribution in [0.25, 0.3) is 0 Å². The Morgan fingerprint density at radius 3 is 2.19 bits per heavy atom. The highest BCUT2D eigenvalue weighted by molar-refractivity contribution is 6.04. The molecule has 2 amide bonds. The van der Waals surface area contributed by atoms with E-state index in [1.807, 2.05) is 54.6 Å². The topological polar surface area (TPSA) is 93.5 Å². The van der Waals surface area contributed by atoms with Crippen molar-refractivity contribution in [1.29, 1.82) is 0 Å². The molecular formula is C26H27N3O3. The van der Waals surface area contributed by atoms with Gasteiger partial charge in [-0.15, -0.1) is 0 Å². The molecular weight excluding hydrogens is 402 g/mol. The van der Waals surface area contributed by atoms with Crippen molar-refractivity contribution in [3.63, 3.8) is 0 Å². The van der Waals surface area contributed by atoms with Gasteiger partial charge in [0.2, 0.25) is 0 Å². The minimum absolute atomic E-state index is 0.0749. The Hall–Kier alpha value is -3.64.